The average Bonchev–Trinajstić information content (AvgIpc) is 2.77. The number of ether oxygens (including phenoxy) is 1. The predicted octanol–water partition coefficient (Wildman–Crippen LogP) is 0.834. The van der Waals surface area contributed by atoms with Crippen molar-refractivity contribution < 1.29 is 4.74 Å². The minimum atomic E-state index is 0.0236. The highest BCUT2D eigenvalue weighted by atomic mass is 16.5. The van der Waals surface area contributed by atoms with Crippen molar-refractivity contribution >= 4 is 5.84 Å². The van der Waals surface area contributed by atoms with E-state index in [1.54, 1.807) is 13.3 Å². The number of likely N-dealkylation sites (tertiary alicyclic amines) is 1. The maximum atomic E-state index is 7.39. The molecular weight excluding hydrogens is 228 g/mol. The van der Waals surface area contributed by atoms with Gasteiger partial charge in [-0.3, -0.25) is 15.3 Å². The van der Waals surface area contributed by atoms with Crippen molar-refractivity contribution in [3.63, 3.8) is 0 Å². The molecule has 5 nitrogen and oxygen atoms in total. The van der Waals surface area contributed by atoms with E-state index in [0.29, 0.717) is 11.6 Å². The molecule has 1 atom stereocenters. The molecule has 1 fully saturated rings. The van der Waals surface area contributed by atoms with Crippen LogP contribution >= 0.6 is 0 Å². The number of hydrogen-bond donors (Lipinski definition) is 2. The maximum Gasteiger partial charge on any atom is 0.141 e. The summed E-state index contributed by atoms with van der Waals surface area (Å²) in [7, 11) is 1.75. The van der Waals surface area contributed by atoms with Crippen molar-refractivity contribution in [1.29, 1.82) is 5.41 Å². The van der Waals surface area contributed by atoms with Gasteiger partial charge in [-0.15, -0.1) is 0 Å². The van der Waals surface area contributed by atoms with E-state index < -0.39 is 0 Å². The molecule has 1 unspecified atom stereocenters. The Kier molecular flexibility index (Phi) is 4.28. The Labute approximate surface area is 107 Å². The minimum Gasteiger partial charge on any atom is -0.384 e. The molecule has 18 heavy (non-hydrogen) atoms. The average molecular weight is 248 g/mol. The quantitative estimate of drug-likeness (QED) is 0.598. The molecule has 0 saturated carbocycles. The fraction of sp³-hybridized carbons (Fsp3) is 0.538. The zero-order valence-corrected chi connectivity index (χ0v) is 10.7. The summed E-state index contributed by atoms with van der Waals surface area (Å²) in [5, 5.41) is 7.39. The number of rotatable bonds is 5. The number of nitrogen functional groups attached to an aromatic ring is 1. The van der Waals surface area contributed by atoms with Crippen LogP contribution in [0.1, 0.15) is 17.7 Å². The largest absolute Gasteiger partial charge is 0.384 e. The van der Waals surface area contributed by atoms with Gasteiger partial charge >= 0.3 is 0 Å². The van der Waals surface area contributed by atoms with Gasteiger partial charge in [-0.1, -0.05) is 0 Å². The fourth-order valence-corrected chi connectivity index (χ4v) is 2.41. The normalized spacial score (nSPS) is 20.2. The number of amidine groups is 1. The van der Waals surface area contributed by atoms with E-state index in [2.05, 4.69) is 9.88 Å². The Morgan fingerprint density at radius 2 is 2.50 bits per heavy atom. The van der Waals surface area contributed by atoms with Crippen molar-refractivity contribution in [3.05, 3.63) is 29.6 Å². The molecule has 0 spiro atoms. The lowest BCUT2D eigenvalue weighted by Crippen LogP contribution is -2.22. The molecule has 0 radical (unpaired) electrons. The molecule has 0 aliphatic carbocycles. The monoisotopic (exact) mass is 248 g/mol. The fourth-order valence-electron chi connectivity index (χ4n) is 2.41. The van der Waals surface area contributed by atoms with E-state index in [1.807, 2.05) is 12.1 Å². The van der Waals surface area contributed by atoms with E-state index in [-0.39, 0.29) is 5.84 Å². The number of methoxy groups -OCH3 is 1. The highest BCUT2D eigenvalue weighted by Gasteiger charge is 2.22. The molecule has 1 aromatic rings. The van der Waals surface area contributed by atoms with Crippen LogP contribution in [0.2, 0.25) is 0 Å². The Morgan fingerprint density at radius 1 is 1.67 bits per heavy atom. The van der Waals surface area contributed by atoms with Gasteiger partial charge in [-0.2, -0.15) is 0 Å². The molecule has 2 heterocycles. The summed E-state index contributed by atoms with van der Waals surface area (Å²) in [6.07, 6.45) is 2.91. The Balaban J connectivity index is 1.94. The Hall–Kier alpha value is -1.46. The first-order valence-corrected chi connectivity index (χ1v) is 6.19. The van der Waals surface area contributed by atoms with Gasteiger partial charge in [0.1, 0.15) is 11.5 Å². The lowest BCUT2D eigenvalue weighted by Gasteiger charge is -2.16. The second kappa shape index (κ2) is 5.93. The first-order chi connectivity index (χ1) is 8.69. The van der Waals surface area contributed by atoms with Crippen molar-refractivity contribution in [3.8, 4) is 0 Å². The van der Waals surface area contributed by atoms with Gasteiger partial charge in [0.2, 0.25) is 0 Å². The highest BCUT2D eigenvalue weighted by Crippen LogP contribution is 2.18. The van der Waals surface area contributed by atoms with Crippen LogP contribution in [-0.2, 0) is 11.3 Å². The van der Waals surface area contributed by atoms with Gasteiger partial charge in [0.15, 0.2) is 0 Å². The molecule has 0 aromatic carbocycles. The lowest BCUT2D eigenvalue weighted by atomic mass is 10.1. The number of pyridine rings is 1. The van der Waals surface area contributed by atoms with E-state index in [4.69, 9.17) is 15.9 Å². The third-order valence-electron chi connectivity index (χ3n) is 3.28. The van der Waals surface area contributed by atoms with Gasteiger partial charge in [0.05, 0.1) is 6.61 Å². The lowest BCUT2D eigenvalue weighted by molar-refractivity contribution is 0.152. The Morgan fingerprint density at radius 3 is 3.22 bits per heavy atom. The number of nitrogens with one attached hydrogen (secondary N) is 1. The molecule has 2 rings (SSSR count). The zero-order valence-electron chi connectivity index (χ0n) is 10.7. The molecule has 1 aliphatic rings. The molecule has 5 heteroatoms. The van der Waals surface area contributed by atoms with Gasteiger partial charge in [0.25, 0.3) is 0 Å². The molecule has 0 bridgehead atoms. The number of nitrogens with zero attached hydrogens (tertiary/aromatic N) is 2. The summed E-state index contributed by atoms with van der Waals surface area (Å²) in [5.74, 6) is 0.666. The summed E-state index contributed by atoms with van der Waals surface area (Å²) in [6, 6.07) is 3.88. The number of nitrogens with two attached hydrogens (primary N) is 1. The van der Waals surface area contributed by atoms with Crippen LogP contribution in [0.3, 0.4) is 0 Å². The van der Waals surface area contributed by atoms with Gasteiger partial charge < -0.3 is 10.5 Å². The highest BCUT2D eigenvalue weighted by molar-refractivity contribution is 5.93. The Bertz CT molecular complexity index is 421. The topological polar surface area (TPSA) is 75.2 Å². The zero-order chi connectivity index (χ0) is 13.0. The smallest absolute Gasteiger partial charge is 0.141 e. The molecule has 1 aliphatic heterocycles. The van der Waals surface area contributed by atoms with E-state index in [9.17, 15) is 0 Å². The summed E-state index contributed by atoms with van der Waals surface area (Å²) in [4.78, 5) is 6.48. The van der Waals surface area contributed by atoms with Crippen molar-refractivity contribution in [2.45, 2.75) is 13.0 Å². The second-order valence-electron chi connectivity index (χ2n) is 4.81. The molecule has 3 N–H and O–H groups in total. The maximum absolute atomic E-state index is 7.39. The molecular formula is C13H20N4O. The molecule has 1 aromatic heterocycles. The van der Waals surface area contributed by atoms with E-state index in [1.165, 1.54) is 6.42 Å². The van der Waals surface area contributed by atoms with Crippen LogP contribution in [0, 0.1) is 11.3 Å². The van der Waals surface area contributed by atoms with Gasteiger partial charge in [-0.05, 0) is 36.6 Å². The van der Waals surface area contributed by atoms with Crippen molar-refractivity contribution in [1.82, 2.24) is 9.88 Å². The number of hydrogen-bond acceptors (Lipinski definition) is 4. The van der Waals surface area contributed by atoms with Crippen LogP contribution in [0.25, 0.3) is 0 Å². The summed E-state index contributed by atoms with van der Waals surface area (Å²) < 4.78 is 5.19. The third kappa shape index (κ3) is 3.27. The van der Waals surface area contributed by atoms with Gasteiger partial charge in [0, 0.05) is 26.4 Å². The van der Waals surface area contributed by atoms with Crippen molar-refractivity contribution in [2.24, 2.45) is 11.7 Å². The minimum absolute atomic E-state index is 0.0236. The van der Waals surface area contributed by atoms with Crippen LogP contribution in [-0.4, -0.2) is 42.5 Å². The van der Waals surface area contributed by atoms with Crippen molar-refractivity contribution in [2.75, 3.05) is 26.8 Å². The predicted molar refractivity (Wildman–Crippen MR) is 70.5 cm³/mol. The SMILES string of the molecule is COCC1CCN(Cc2ccnc(C(=N)N)c2)C1. The summed E-state index contributed by atoms with van der Waals surface area (Å²) in [5.41, 5.74) is 7.16. The van der Waals surface area contributed by atoms with Crippen LogP contribution in [0.15, 0.2) is 18.3 Å². The molecule has 98 valence electrons. The third-order valence-corrected chi connectivity index (χ3v) is 3.28. The molecule has 1 saturated heterocycles. The number of aromatic nitrogens is 1. The van der Waals surface area contributed by atoms with E-state index >= 15 is 0 Å². The standard InChI is InChI=1S/C13H20N4O/c1-18-9-11-3-5-17(8-11)7-10-2-4-16-12(6-10)13(14)15/h2,4,6,11H,3,5,7-9H2,1H3,(H3,14,15). The second-order valence-corrected chi connectivity index (χ2v) is 4.81. The van der Waals surface area contributed by atoms with Crippen LogP contribution < -0.4 is 5.73 Å². The van der Waals surface area contributed by atoms with Crippen LogP contribution in [0.5, 0.6) is 0 Å². The van der Waals surface area contributed by atoms with Crippen LogP contribution in [0.4, 0.5) is 0 Å². The summed E-state index contributed by atoms with van der Waals surface area (Å²) >= 11 is 0. The van der Waals surface area contributed by atoms with Gasteiger partial charge in [-0.25, -0.2) is 0 Å². The molecule has 0 amide bonds. The van der Waals surface area contributed by atoms with E-state index in [0.717, 1.165) is 31.8 Å². The first-order valence-electron chi connectivity index (χ1n) is 6.19. The first kappa shape index (κ1) is 13.0. The summed E-state index contributed by atoms with van der Waals surface area (Å²) in [6.45, 7) is 3.91.